The van der Waals surface area contributed by atoms with E-state index in [0.717, 1.165) is 12.0 Å². The largest absolute Gasteiger partial charge is 0.493 e. The van der Waals surface area contributed by atoms with E-state index in [1.165, 1.54) is 0 Å². The zero-order chi connectivity index (χ0) is 13.5. The highest BCUT2D eigenvalue weighted by atomic mass is 16.5. The number of para-hydroxylation sites is 1. The summed E-state index contributed by atoms with van der Waals surface area (Å²) < 4.78 is 10.5. The number of ether oxygens (including phenoxy) is 2. The molecule has 0 saturated heterocycles. The minimum atomic E-state index is 0. The van der Waals surface area contributed by atoms with Gasteiger partial charge < -0.3 is 14.8 Å². The van der Waals surface area contributed by atoms with Crippen molar-refractivity contribution in [2.45, 2.75) is 26.8 Å². The van der Waals surface area contributed by atoms with E-state index in [4.69, 9.17) is 9.47 Å². The molecule has 1 amide bonds. The summed E-state index contributed by atoms with van der Waals surface area (Å²) in [5.74, 6) is 1.43. The molecule has 0 aliphatic carbocycles. The van der Waals surface area contributed by atoms with Gasteiger partial charge in [0.25, 0.3) is 0 Å². The number of nitrogens with one attached hydrogen (secondary N) is 1. The number of hydrogen-bond donors (Lipinski definition) is 1. The second-order valence-electron chi connectivity index (χ2n) is 4.18. The molecule has 1 aromatic carbocycles. The van der Waals surface area contributed by atoms with Gasteiger partial charge in [0.05, 0.1) is 14.2 Å². The van der Waals surface area contributed by atoms with Crippen LogP contribution in [0.5, 0.6) is 11.5 Å². The average Bonchev–Trinajstić information content (AvgIpc) is 2.42. The molecule has 1 aromatic rings. The number of methoxy groups -OCH3 is 2. The lowest BCUT2D eigenvalue weighted by Crippen LogP contribution is -2.28. The van der Waals surface area contributed by atoms with Gasteiger partial charge in [-0.3, -0.25) is 4.79 Å². The van der Waals surface area contributed by atoms with Crippen molar-refractivity contribution in [2.75, 3.05) is 14.2 Å². The number of hydrogen-bond acceptors (Lipinski definition) is 3. The Hall–Kier alpha value is -1.71. The quantitative estimate of drug-likeness (QED) is 0.847. The van der Waals surface area contributed by atoms with E-state index in [0.29, 0.717) is 18.0 Å². The van der Waals surface area contributed by atoms with Crippen molar-refractivity contribution in [3.63, 3.8) is 0 Å². The molecule has 0 aromatic heterocycles. The third-order valence-corrected chi connectivity index (χ3v) is 3.00. The Kier molecular flexibility index (Phi) is 5.49. The molecule has 1 N–H and O–H groups in total. The Morgan fingerprint density at radius 2 is 2.11 bits per heavy atom. The molecular formula is C14H23NO3. The van der Waals surface area contributed by atoms with Crippen molar-refractivity contribution in [3.05, 3.63) is 23.8 Å². The lowest BCUT2D eigenvalue weighted by atomic mass is 10.1. The van der Waals surface area contributed by atoms with Gasteiger partial charge in [0.1, 0.15) is 0 Å². The van der Waals surface area contributed by atoms with Crippen LogP contribution in [-0.2, 0) is 11.3 Å². The van der Waals surface area contributed by atoms with Gasteiger partial charge in [-0.15, -0.1) is 0 Å². The SMILES string of the molecule is CCC(C)C(=O)NCc1cccc(OC)c1OC.[HH]. The Bertz CT molecular complexity index is 410. The highest BCUT2D eigenvalue weighted by Gasteiger charge is 2.13. The fourth-order valence-electron chi connectivity index (χ4n) is 1.63. The van der Waals surface area contributed by atoms with Crippen LogP contribution in [-0.4, -0.2) is 20.1 Å². The Labute approximate surface area is 110 Å². The van der Waals surface area contributed by atoms with Crippen molar-refractivity contribution in [1.29, 1.82) is 0 Å². The molecular weight excluding hydrogens is 230 g/mol. The van der Waals surface area contributed by atoms with Crippen LogP contribution in [0.15, 0.2) is 18.2 Å². The molecule has 0 aliphatic rings. The molecule has 0 heterocycles. The smallest absolute Gasteiger partial charge is 0.223 e. The Morgan fingerprint density at radius 1 is 1.39 bits per heavy atom. The van der Waals surface area contributed by atoms with Gasteiger partial charge in [-0.25, -0.2) is 0 Å². The third-order valence-electron chi connectivity index (χ3n) is 3.00. The van der Waals surface area contributed by atoms with Crippen molar-refractivity contribution in [3.8, 4) is 11.5 Å². The van der Waals surface area contributed by atoms with Crippen LogP contribution in [0.25, 0.3) is 0 Å². The number of carbonyl (C=O) groups excluding carboxylic acids is 1. The summed E-state index contributed by atoms with van der Waals surface area (Å²) in [6.45, 7) is 4.36. The lowest BCUT2D eigenvalue weighted by Gasteiger charge is -2.14. The molecule has 0 bridgehead atoms. The molecule has 1 atom stereocenters. The molecule has 0 fully saturated rings. The first-order chi connectivity index (χ1) is 8.63. The van der Waals surface area contributed by atoms with Crippen molar-refractivity contribution in [2.24, 2.45) is 5.92 Å². The van der Waals surface area contributed by atoms with E-state index in [9.17, 15) is 4.79 Å². The van der Waals surface area contributed by atoms with Gasteiger partial charge in [-0.2, -0.15) is 0 Å². The zero-order valence-corrected chi connectivity index (χ0v) is 11.4. The first-order valence-electron chi connectivity index (χ1n) is 6.11. The average molecular weight is 253 g/mol. The first-order valence-corrected chi connectivity index (χ1v) is 6.11. The van der Waals surface area contributed by atoms with E-state index in [2.05, 4.69) is 5.32 Å². The minimum Gasteiger partial charge on any atom is -0.493 e. The number of benzene rings is 1. The van der Waals surface area contributed by atoms with Gasteiger partial charge in [0, 0.05) is 19.5 Å². The number of rotatable bonds is 6. The highest BCUT2D eigenvalue weighted by Crippen LogP contribution is 2.30. The van der Waals surface area contributed by atoms with Crippen molar-refractivity contribution >= 4 is 5.91 Å². The van der Waals surface area contributed by atoms with E-state index in [1.807, 2.05) is 32.0 Å². The van der Waals surface area contributed by atoms with E-state index in [1.54, 1.807) is 14.2 Å². The molecule has 4 nitrogen and oxygen atoms in total. The maximum Gasteiger partial charge on any atom is 0.223 e. The standard InChI is InChI=1S/C14H21NO3.H2/c1-5-10(2)14(16)15-9-11-7-6-8-12(17-3)13(11)18-4;/h6-8,10H,5,9H2,1-4H3,(H,15,16);1H. The maximum absolute atomic E-state index is 11.7. The van der Waals surface area contributed by atoms with Crippen LogP contribution in [0.1, 0.15) is 27.3 Å². The van der Waals surface area contributed by atoms with Crippen LogP contribution in [0.2, 0.25) is 0 Å². The van der Waals surface area contributed by atoms with E-state index >= 15 is 0 Å². The number of amides is 1. The minimum absolute atomic E-state index is 0. The molecule has 0 aliphatic heterocycles. The normalized spacial score (nSPS) is 11.8. The van der Waals surface area contributed by atoms with Crippen LogP contribution < -0.4 is 14.8 Å². The second kappa shape index (κ2) is 6.89. The van der Waals surface area contributed by atoms with Crippen molar-refractivity contribution < 1.29 is 15.7 Å². The molecule has 102 valence electrons. The van der Waals surface area contributed by atoms with Crippen molar-refractivity contribution in [1.82, 2.24) is 5.32 Å². The number of carbonyl (C=O) groups is 1. The van der Waals surface area contributed by atoms with Gasteiger partial charge in [0.2, 0.25) is 5.91 Å². The molecule has 0 radical (unpaired) electrons. The Balaban J connectivity index is 0.00000324. The maximum atomic E-state index is 11.7. The summed E-state index contributed by atoms with van der Waals surface area (Å²) in [7, 11) is 3.19. The highest BCUT2D eigenvalue weighted by molar-refractivity contribution is 5.78. The molecule has 0 spiro atoms. The second-order valence-corrected chi connectivity index (χ2v) is 4.18. The van der Waals surface area contributed by atoms with E-state index in [-0.39, 0.29) is 13.3 Å². The lowest BCUT2D eigenvalue weighted by molar-refractivity contribution is -0.124. The first kappa shape index (κ1) is 14.4. The van der Waals surface area contributed by atoms with E-state index < -0.39 is 0 Å². The van der Waals surface area contributed by atoms with Crippen LogP contribution in [0.3, 0.4) is 0 Å². The molecule has 0 saturated carbocycles. The molecule has 1 rings (SSSR count). The summed E-state index contributed by atoms with van der Waals surface area (Å²) in [5, 5.41) is 2.90. The third kappa shape index (κ3) is 3.39. The molecule has 4 heteroatoms. The van der Waals surface area contributed by atoms with Crippen LogP contribution in [0, 0.1) is 5.92 Å². The molecule has 1 unspecified atom stereocenters. The monoisotopic (exact) mass is 253 g/mol. The van der Waals surface area contributed by atoms with Crippen LogP contribution >= 0.6 is 0 Å². The molecule has 18 heavy (non-hydrogen) atoms. The summed E-state index contributed by atoms with van der Waals surface area (Å²) in [4.78, 5) is 11.7. The zero-order valence-electron chi connectivity index (χ0n) is 11.4. The Morgan fingerprint density at radius 3 is 2.67 bits per heavy atom. The topological polar surface area (TPSA) is 47.6 Å². The fraction of sp³-hybridized carbons (Fsp3) is 0.500. The fourth-order valence-corrected chi connectivity index (χ4v) is 1.63. The van der Waals surface area contributed by atoms with Crippen LogP contribution in [0.4, 0.5) is 0 Å². The summed E-state index contributed by atoms with van der Waals surface area (Å²) in [5.41, 5.74) is 0.911. The predicted molar refractivity (Wildman–Crippen MR) is 73.0 cm³/mol. The van der Waals surface area contributed by atoms with Gasteiger partial charge in [-0.1, -0.05) is 26.0 Å². The predicted octanol–water partition coefficient (Wildman–Crippen LogP) is 2.61. The summed E-state index contributed by atoms with van der Waals surface area (Å²) in [6.07, 6.45) is 0.834. The summed E-state index contributed by atoms with van der Waals surface area (Å²) in [6, 6.07) is 5.63. The summed E-state index contributed by atoms with van der Waals surface area (Å²) >= 11 is 0. The van der Waals surface area contributed by atoms with Gasteiger partial charge >= 0.3 is 0 Å². The van der Waals surface area contributed by atoms with Gasteiger partial charge in [0.15, 0.2) is 11.5 Å². The van der Waals surface area contributed by atoms with Gasteiger partial charge in [-0.05, 0) is 12.5 Å².